The zero-order chi connectivity index (χ0) is 17.5. The van der Waals surface area contributed by atoms with Crippen molar-refractivity contribution in [3.63, 3.8) is 0 Å². The fourth-order valence-electron chi connectivity index (χ4n) is 1.84. The summed E-state index contributed by atoms with van der Waals surface area (Å²) in [6, 6.07) is 10.6. The van der Waals surface area contributed by atoms with Crippen molar-refractivity contribution in [2.75, 3.05) is 7.11 Å². The highest BCUT2D eigenvalue weighted by Crippen LogP contribution is 2.29. The molecule has 2 aromatic carbocycles. The first-order valence-corrected chi connectivity index (χ1v) is 7.62. The number of halogens is 2. The maximum atomic E-state index is 6.13. The van der Waals surface area contributed by atoms with Gasteiger partial charge in [-0.15, -0.1) is 5.10 Å². The van der Waals surface area contributed by atoms with Gasteiger partial charge in [0.05, 0.1) is 13.3 Å². The van der Waals surface area contributed by atoms with Gasteiger partial charge in [-0.3, -0.25) is 0 Å². The third kappa shape index (κ3) is 5.04. The SMILES string of the molecule is COc1cc(C=NN=C(N)N)ccc1OCc1ccc(Cl)cc1Cl. The maximum Gasteiger partial charge on any atom is 0.211 e. The molecule has 4 N–H and O–H groups in total. The average molecular weight is 367 g/mol. The van der Waals surface area contributed by atoms with Crippen LogP contribution < -0.4 is 20.9 Å². The lowest BCUT2D eigenvalue weighted by Gasteiger charge is -2.12. The number of ether oxygens (including phenoxy) is 2. The molecular weight excluding hydrogens is 351 g/mol. The Kier molecular flexibility index (Phi) is 6.28. The maximum absolute atomic E-state index is 6.13. The first-order valence-electron chi connectivity index (χ1n) is 6.86. The van der Waals surface area contributed by atoms with Gasteiger partial charge < -0.3 is 20.9 Å². The third-order valence-corrected chi connectivity index (χ3v) is 3.55. The molecule has 8 heteroatoms. The summed E-state index contributed by atoms with van der Waals surface area (Å²) in [6.45, 7) is 0.286. The standard InChI is InChI=1S/C16H16Cl2N4O2/c1-23-15-6-10(8-21-22-16(19)20)2-5-14(15)24-9-11-3-4-12(17)7-13(11)18/h2-8H,9H2,1H3,(H4,19,20,22). The van der Waals surface area contributed by atoms with Gasteiger partial charge in [-0.25, -0.2) is 0 Å². The Labute approximate surface area is 149 Å². The monoisotopic (exact) mass is 366 g/mol. The van der Waals surface area contributed by atoms with E-state index < -0.39 is 0 Å². The molecule has 2 aromatic rings. The largest absolute Gasteiger partial charge is 0.493 e. The van der Waals surface area contributed by atoms with Crippen molar-refractivity contribution in [3.05, 3.63) is 57.6 Å². The first kappa shape index (κ1) is 17.9. The molecule has 0 heterocycles. The Balaban J connectivity index is 2.12. The van der Waals surface area contributed by atoms with E-state index in [1.807, 2.05) is 6.07 Å². The lowest BCUT2D eigenvalue weighted by Crippen LogP contribution is -2.21. The highest BCUT2D eigenvalue weighted by Gasteiger charge is 2.07. The molecule has 0 aliphatic heterocycles. The summed E-state index contributed by atoms with van der Waals surface area (Å²) in [6.07, 6.45) is 1.50. The normalized spacial score (nSPS) is 10.6. The van der Waals surface area contributed by atoms with E-state index in [0.717, 1.165) is 11.1 Å². The summed E-state index contributed by atoms with van der Waals surface area (Å²) in [5.74, 6) is 1.01. The quantitative estimate of drug-likeness (QED) is 0.466. The summed E-state index contributed by atoms with van der Waals surface area (Å²) in [7, 11) is 1.55. The number of benzene rings is 2. The van der Waals surface area contributed by atoms with Crippen molar-refractivity contribution in [1.82, 2.24) is 0 Å². The minimum absolute atomic E-state index is 0.113. The van der Waals surface area contributed by atoms with E-state index in [1.54, 1.807) is 37.4 Å². The molecule has 2 rings (SSSR count). The Morgan fingerprint density at radius 2 is 1.92 bits per heavy atom. The second-order valence-corrected chi connectivity index (χ2v) is 5.55. The fraction of sp³-hybridized carbons (Fsp3) is 0.125. The van der Waals surface area contributed by atoms with Crippen molar-refractivity contribution < 1.29 is 9.47 Å². The molecule has 6 nitrogen and oxygen atoms in total. The molecule has 24 heavy (non-hydrogen) atoms. The molecule has 0 aliphatic rings. The van der Waals surface area contributed by atoms with Gasteiger partial charge in [0.1, 0.15) is 6.61 Å². The van der Waals surface area contributed by atoms with Gasteiger partial charge in [0, 0.05) is 15.6 Å². The van der Waals surface area contributed by atoms with E-state index in [2.05, 4.69) is 10.2 Å². The van der Waals surface area contributed by atoms with Crippen molar-refractivity contribution >= 4 is 35.4 Å². The number of rotatable bonds is 6. The predicted octanol–water partition coefficient (Wildman–Crippen LogP) is 3.19. The number of hydrogen-bond acceptors (Lipinski definition) is 4. The van der Waals surface area contributed by atoms with Gasteiger partial charge in [0.2, 0.25) is 5.96 Å². The summed E-state index contributed by atoms with van der Waals surface area (Å²) >= 11 is 12.0. The lowest BCUT2D eigenvalue weighted by molar-refractivity contribution is 0.284. The molecular formula is C16H16Cl2N4O2. The smallest absolute Gasteiger partial charge is 0.211 e. The second-order valence-electron chi connectivity index (χ2n) is 4.70. The second kappa shape index (κ2) is 8.42. The van der Waals surface area contributed by atoms with Crippen LogP contribution in [0.25, 0.3) is 0 Å². The molecule has 0 saturated carbocycles. The van der Waals surface area contributed by atoms with Gasteiger partial charge in [-0.2, -0.15) is 5.10 Å². The molecule has 0 saturated heterocycles. The van der Waals surface area contributed by atoms with Crippen LogP contribution in [0.5, 0.6) is 11.5 Å². The Bertz CT molecular complexity index is 775. The van der Waals surface area contributed by atoms with E-state index in [4.69, 9.17) is 44.1 Å². The van der Waals surface area contributed by atoms with Gasteiger partial charge >= 0.3 is 0 Å². The van der Waals surface area contributed by atoms with E-state index in [-0.39, 0.29) is 12.6 Å². The van der Waals surface area contributed by atoms with Gasteiger partial charge in [-0.05, 0) is 35.9 Å². The zero-order valence-corrected chi connectivity index (χ0v) is 14.4. The lowest BCUT2D eigenvalue weighted by atomic mass is 10.2. The molecule has 126 valence electrons. The molecule has 0 atom stereocenters. The van der Waals surface area contributed by atoms with Gasteiger partial charge in [0.15, 0.2) is 11.5 Å². The summed E-state index contributed by atoms with van der Waals surface area (Å²) in [5, 5.41) is 8.40. The molecule has 0 bridgehead atoms. The van der Waals surface area contributed by atoms with Crippen LogP contribution >= 0.6 is 23.2 Å². The number of methoxy groups -OCH3 is 1. The number of nitrogens with zero attached hydrogens (tertiary/aromatic N) is 2. The van der Waals surface area contributed by atoms with Crippen LogP contribution in [0.15, 0.2) is 46.6 Å². The van der Waals surface area contributed by atoms with Crippen LogP contribution in [0.1, 0.15) is 11.1 Å². The van der Waals surface area contributed by atoms with E-state index in [9.17, 15) is 0 Å². The van der Waals surface area contributed by atoms with Crippen LogP contribution in [0.3, 0.4) is 0 Å². The topological polar surface area (TPSA) is 95.2 Å². The zero-order valence-electron chi connectivity index (χ0n) is 12.9. The van der Waals surface area contributed by atoms with Gasteiger partial charge in [-0.1, -0.05) is 29.3 Å². The highest BCUT2D eigenvalue weighted by atomic mass is 35.5. The fourth-order valence-corrected chi connectivity index (χ4v) is 2.30. The Morgan fingerprint density at radius 1 is 1.12 bits per heavy atom. The van der Waals surface area contributed by atoms with Crippen LogP contribution in [0.4, 0.5) is 0 Å². The van der Waals surface area contributed by atoms with Crippen molar-refractivity contribution in [2.45, 2.75) is 6.61 Å². The molecule has 0 aliphatic carbocycles. The minimum Gasteiger partial charge on any atom is -0.493 e. The summed E-state index contributed by atoms with van der Waals surface area (Å²) in [5.41, 5.74) is 12.0. The van der Waals surface area contributed by atoms with Crippen LogP contribution in [-0.2, 0) is 6.61 Å². The van der Waals surface area contributed by atoms with Crippen molar-refractivity contribution in [1.29, 1.82) is 0 Å². The van der Waals surface area contributed by atoms with E-state index >= 15 is 0 Å². The van der Waals surface area contributed by atoms with Crippen LogP contribution in [0, 0.1) is 0 Å². The Hall–Kier alpha value is -2.44. The van der Waals surface area contributed by atoms with Crippen molar-refractivity contribution in [3.8, 4) is 11.5 Å². The van der Waals surface area contributed by atoms with E-state index in [1.165, 1.54) is 6.21 Å². The molecule has 0 aromatic heterocycles. The predicted molar refractivity (Wildman–Crippen MR) is 97.2 cm³/mol. The molecule has 0 unspecified atom stereocenters. The minimum atomic E-state index is -0.113. The third-order valence-electron chi connectivity index (χ3n) is 2.97. The first-order chi connectivity index (χ1) is 11.5. The van der Waals surface area contributed by atoms with Crippen molar-refractivity contribution in [2.24, 2.45) is 21.7 Å². The molecule has 0 spiro atoms. The van der Waals surface area contributed by atoms with Crippen LogP contribution in [0.2, 0.25) is 10.0 Å². The highest BCUT2D eigenvalue weighted by molar-refractivity contribution is 6.35. The summed E-state index contributed by atoms with van der Waals surface area (Å²) in [4.78, 5) is 0. The number of nitrogens with two attached hydrogens (primary N) is 2. The number of hydrogen-bond donors (Lipinski definition) is 2. The van der Waals surface area contributed by atoms with Gasteiger partial charge in [0.25, 0.3) is 0 Å². The number of guanidine groups is 1. The van der Waals surface area contributed by atoms with Crippen LogP contribution in [-0.4, -0.2) is 19.3 Å². The molecule has 0 fully saturated rings. The molecule has 0 amide bonds. The molecule has 0 radical (unpaired) electrons. The average Bonchev–Trinajstić information content (AvgIpc) is 2.54. The summed E-state index contributed by atoms with van der Waals surface area (Å²) < 4.78 is 11.1. The Morgan fingerprint density at radius 3 is 2.58 bits per heavy atom. The van der Waals surface area contributed by atoms with E-state index in [0.29, 0.717) is 21.5 Å².